The standard InChI is InChI=1S/C22H19BrN4O4S3/c1-31-14-4-2-3-12(7-14)21(28)25-16-10-17-19(9-15(16)23)33-22(26-17)27-34(29,30)20-8-13-11-24-6-5-18(13)32-20/h2-11,21-22,25-28H,1H3. The van der Waals surface area contributed by atoms with Gasteiger partial charge < -0.3 is 20.5 Å². The quantitative estimate of drug-likeness (QED) is 0.228. The number of nitrogens with zero attached hydrogens (tertiary/aromatic N) is 1. The highest BCUT2D eigenvalue weighted by atomic mass is 79.9. The first-order valence-electron chi connectivity index (χ1n) is 10.0. The van der Waals surface area contributed by atoms with E-state index in [4.69, 9.17) is 4.74 Å². The van der Waals surface area contributed by atoms with E-state index >= 15 is 0 Å². The number of aromatic nitrogens is 1. The molecule has 0 spiro atoms. The molecule has 2 aromatic carbocycles. The zero-order valence-corrected chi connectivity index (χ0v) is 21.7. The van der Waals surface area contributed by atoms with Gasteiger partial charge in [0.2, 0.25) is 0 Å². The number of benzene rings is 2. The summed E-state index contributed by atoms with van der Waals surface area (Å²) >= 11 is 6.10. The Morgan fingerprint density at radius 2 is 2.09 bits per heavy atom. The molecule has 176 valence electrons. The topological polar surface area (TPSA) is 113 Å². The lowest BCUT2D eigenvalue weighted by atomic mass is 10.1. The van der Waals surface area contributed by atoms with Gasteiger partial charge in [-0.05, 0) is 52.3 Å². The molecule has 0 saturated carbocycles. The number of hydrogen-bond acceptors (Lipinski definition) is 9. The second-order valence-corrected chi connectivity index (χ2v) is 12.4. The summed E-state index contributed by atoms with van der Waals surface area (Å²) in [6.07, 6.45) is 2.33. The molecular formula is C22H19BrN4O4S3. The number of aliphatic hydroxyl groups is 1. The van der Waals surface area contributed by atoms with Crippen LogP contribution < -0.4 is 20.1 Å². The van der Waals surface area contributed by atoms with E-state index in [1.165, 1.54) is 23.1 Å². The predicted molar refractivity (Wildman–Crippen MR) is 139 cm³/mol. The maximum absolute atomic E-state index is 13.0. The van der Waals surface area contributed by atoms with Crippen LogP contribution in [0.2, 0.25) is 0 Å². The highest BCUT2D eigenvalue weighted by Gasteiger charge is 2.29. The summed E-state index contributed by atoms with van der Waals surface area (Å²) in [6, 6.07) is 14.3. The van der Waals surface area contributed by atoms with Gasteiger partial charge in [-0.15, -0.1) is 11.3 Å². The van der Waals surface area contributed by atoms with Crippen molar-refractivity contribution in [2.24, 2.45) is 0 Å². The van der Waals surface area contributed by atoms with Gasteiger partial charge in [-0.25, -0.2) is 8.42 Å². The molecule has 2 atom stereocenters. The van der Waals surface area contributed by atoms with Gasteiger partial charge in [0, 0.05) is 37.4 Å². The zero-order chi connectivity index (χ0) is 23.9. The summed E-state index contributed by atoms with van der Waals surface area (Å²) in [5.41, 5.74) is 1.48. The van der Waals surface area contributed by atoms with Crippen LogP contribution in [0.15, 0.2) is 74.5 Å². The Bertz CT molecular complexity index is 1450. The van der Waals surface area contributed by atoms with Gasteiger partial charge in [0.05, 0.1) is 18.5 Å². The van der Waals surface area contributed by atoms with E-state index in [-0.39, 0.29) is 4.21 Å². The summed E-state index contributed by atoms with van der Waals surface area (Å²) in [5.74, 6) is 0.648. The number of hydrogen-bond donors (Lipinski definition) is 4. The van der Waals surface area contributed by atoms with Gasteiger partial charge in [-0.1, -0.05) is 23.9 Å². The summed E-state index contributed by atoms with van der Waals surface area (Å²) in [7, 11) is -2.16. The maximum Gasteiger partial charge on any atom is 0.252 e. The maximum atomic E-state index is 13.0. The van der Waals surface area contributed by atoms with E-state index in [1.54, 1.807) is 55.9 Å². The van der Waals surface area contributed by atoms with Gasteiger partial charge in [0.1, 0.15) is 15.5 Å². The first-order chi connectivity index (χ1) is 16.3. The number of thioether (sulfide) groups is 1. The number of nitrogens with one attached hydrogen (secondary N) is 3. The van der Waals surface area contributed by atoms with E-state index in [9.17, 15) is 13.5 Å². The van der Waals surface area contributed by atoms with Gasteiger partial charge in [0.15, 0.2) is 6.23 Å². The minimum Gasteiger partial charge on any atom is -0.497 e. The summed E-state index contributed by atoms with van der Waals surface area (Å²) in [5, 5.41) is 17.7. The Labute approximate surface area is 212 Å². The number of aliphatic hydroxyl groups excluding tert-OH is 1. The van der Waals surface area contributed by atoms with Gasteiger partial charge in [0.25, 0.3) is 10.0 Å². The Hall–Kier alpha value is -2.35. The van der Waals surface area contributed by atoms with Crippen LogP contribution in [-0.2, 0) is 10.0 Å². The van der Waals surface area contributed by atoms with Crippen LogP contribution in [0.25, 0.3) is 10.1 Å². The van der Waals surface area contributed by atoms with E-state index < -0.39 is 21.7 Å². The van der Waals surface area contributed by atoms with Crippen LogP contribution in [0.5, 0.6) is 5.75 Å². The number of thiophene rings is 1. The highest BCUT2D eigenvalue weighted by molar-refractivity contribution is 9.10. The minimum absolute atomic E-state index is 0.235. The summed E-state index contributed by atoms with van der Waals surface area (Å²) in [6.45, 7) is 0. The third-order valence-electron chi connectivity index (χ3n) is 5.12. The smallest absolute Gasteiger partial charge is 0.252 e. The molecule has 1 aliphatic rings. The number of halogens is 1. The largest absolute Gasteiger partial charge is 0.497 e. The Morgan fingerprint density at radius 3 is 2.88 bits per heavy atom. The highest BCUT2D eigenvalue weighted by Crippen LogP contribution is 2.43. The van der Waals surface area contributed by atoms with Crippen molar-refractivity contribution in [1.82, 2.24) is 9.71 Å². The predicted octanol–water partition coefficient (Wildman–Crippen LogP) is 4.95. The molecule has 4 N–H and O–H groups in total. The lowest BCUT2D eigenvalue weighted by Crippen LogP contribution is -2.35. The van der Waals surface area contributed by atoms with E-state index in [0.29, 0.717) is 17.0 Å². The molecule has 4 aromatic rings. The molecule has 0 aliphatic carbocycles. The van der Waals surface area contributed by atoms with E-state index in [1.807, 2.05) is 12.1 Å². The molecule has 8 nitrogen and oxygen atoms in total. The van der Waals surface area contributed by atoms with Crippen LogP contribution in [0.3, 0.4) is 0 Å². The Morgan fingerprint density at radius 1 is 1.24 bits per heavy atom. The normalized spacial score (nSPS) is 16.1. The van der Waals surface area contributed by atoms with Gasteiger partial charge in [-0.2, -0.15) is 4.72 Å². The first-order valence-corrected chi connectivity index (χ1v) is 14.0. The number of sulfonamides is 1. The molecule has 0 bridgehead atoms. The van der Waals surface area contributed by atoms with Crippen molar-refractivity contribution in [2.45, 2.75) is 20.8 Å². The molecular weight excluding hydrogens is 560 g/mol. The number of pyridine rings is 1. The van der Waals surface area contributed by atoms with E-state index in [2.05, 4.69) is 36.3 Å². The average molecular weight is 580 g/mol. The van der Waals surface area contributed by atoms with Crippen molar-refractivity contribution in [3.63, 3.8) is 0 Å². The molecule has 5 rings (SSSR count). The van der Waals surface area contributed by atoms with Crippen LogP contribution >= 0.6 is 39.0 Å². The number of fused-ring (bicyclic) bond motifs is 2. The average Bonchev–Trinajstić information content (AvgIpc) is 3.42. The van der Waals surface area contributed by atoms with Crippen LogP contribution in [-0.4, -0.2) is 31.1 Å². The SMILES string of the molecule is COc1cccc(C(O)Nc2cc3c(cc2Br)SC(NS(=O)(=O)c2cc4cnccc4s2)N3)c1. The molecule has 34 heavy (non-hydrogen) atoms. The zero-order valence-electron chi connectivity index (χ0n) is 17.7. The van der Waals surface area contributed by atoms with Crippen LogP contribution in [0, 0.1) is 0 Å². The fourth-order valence-corrected chi connectivity index (χ4v) is 7.87. The molecule has 0 amide bonds. The molecule has 0 fully saturated rings. The van der Waals surface area contributed by atoms with Crippen LogP contribution in [0.4, 0.5) is 11.4 Å². The lowest BCUT2D eigenvalue weighted by Gasteiger charge is -2.17. The Kier molecular flexibility index (Phi) is 6.44. The Balaban J connectivity index is 1.31. The number of rotatable bonds is 7. The molecule has 1 aliphatic heterocycles. The fraction of sp³-hybridized carbons (Fsp3) is 0.136. The third kappa shape index (κ3) is 4.74. The fourth-order valence-electron chi connectivity index (χ4n) is 3.46. The number of methoxy groups -OCH3 is 1. The molecule has 0 radical (unpaired) electrons. The first kappa shape index (κ1) is 23.4. The van der Waals surface area contributed by atoms with Crippen molar-refractivity contribution in [3.8, 4) is 5.75 Å². The molecule has 0 saturated heterocycles. The number of anilines is 2. The minimum atomic E-state index is -3.73. The van der Waals surface area contributed by atoms with Crippen molar-refractivity contribution in [1.29, 1.82) is 0 Å². The van der Waals surface area contributed by atoms with Crippen molar-refractivity contribution >= 4 is 70.5 Å². The monoisotopic (exact) mass is 578 g/mol. The number of ether oxygens (including phenoxy) is 1. The second kappa shape index (κ2) is 9.36. The third-order valence-corrected chi connectivity index (χ3v) is 10.0. The molecule has 2 unspecified atom stereocenters. The molecule has 3 heterocycles. The van der Waals surface area contributed by atoms with Crippen LogP contribution in [0.1, 0.15) is 11.8 Å². The lowest BCUT2D eigenvalue weighted by molar-refractivity contribution is 0.207. The van der Waals surface area contributed by atoms with Crippen molar-refractivity contribution in [2.75, 3.05) is 17.7 Å². The van der Waals surface area contributed by atoms with Gasteiger partial charge >= 0.3 is 0 Å². The summed E-state index contributed by atoms with van der Waals surface area (Å²) in [4.78, 5) is 4.92. The van der Waals surface area contributed by atoms with Gasteiger partial charge in [-0.3, -0.25) is 4.98 Å². The van der Waals surface area contributed by atoms with E-state index in [0.717, 1.165) is 25.1 Å². The summed E-state index contributed by atoms with van der Waals surface area (Å²) < 4.78 is 35.7. The molecule has 2 aromatic heterocycles. The van der Waals surface area contributed by atoms with Crippen molar-refractivity contribution in [3.05, 3.63) is 71.0 Å². The second-order valence-electron chi connectivity index (χ2n) is 7.39. The van der Waals surface area contributed by atoms with Crippen molar-refractivity contribution < 1.29 is 18.3 Å². The molecule has 12 heteroatoms.